The number of nitrogens with two attached hydrogens (primary N) is 1. The lowest BCUT2D eigenvalue weighted by Crippen LogP contribution is -2.31. The summed E-state index contributed by atoms with van der Waals surface area (Å²) in [6.07, 6.45) is 0. The molecule has 2 amide bonds. The monoisotopic (exact) mass is 457 g/mol. The van der Waals surface area contributed by atoms with E-state index in [1.807, 2.05) is 0 Å². The molecule has 3 aromatic rings. The largest absolute Gasteiger partial charge is 0.280 e. The van der Waals surface area contributed by atoms with Crippen LogP contribution in [-0.4, -0.2) is 28.6 Å². The lowest BCUT2D eigenvalue weighted by Gasteiger charge is -2.18. The maximum atomic E-state index is 13.0. The highest BCUT2D eigenvalue weighted by atomic mass is 32.2. The maximum Gasteiger partial charge on any atom is 0.266 e. The first-order valence-corrected chi connectivity index (χ1v) is 11.8. The second kappa shape index (κ2) is 7.30. The van der Waals surface area contributed by atoms with Gasteiger partial charge in [0.25, 0.3) is 21.8 Å². The Hall–Kier alpha value is -3.54. The van der Waals surface area contributed by atoms with Crippen LogP contribution in [0.5, 0.6) is 0 Å². The van der Waals surface area contributed by atoms with E-state index in [1.165, 1.54) is 48.5 Å². The van der Waals surface area contributed by atoms with Crippen molar-refractivity contribution in [1.29, 1.82) is 0 Å². The van der Waals surface area contributed by atoms with Crippen molar-refractivity contribution in [3.63, 3.8) is 0 Å². The number of fused-ring (bicyclic) bond motifs is 1. The average molecular weight is 457 g/mol. The van der Waals surface area contributed by atoms with E-state index >= 15 is 0 Å². The van der Waals surface area contributed by atoms with Gasteiger partial charge in [0.1, 0.15) is 4.90 Å². The van der Waals surface area contributed by atoms with E-state index in [9.17, 15) is 26.4 Å². The zero-order valence-corrected chi connectivity index (χ0v) is 17.4. The van der Waals surface area contributed by atoms with Crippen LogP contribution >= 0.6 is 0 Å². The predicted octanol–water partition coefficient (Wildman–Crippen LogP) is 1.94. The summed E-state index contributed by atoms with van der Waals surface area (Å²) in [6.45, 7) is 0. The van der Waals surface area contributed by atoms with Gasteiger partial charge in [0.15, 0.2) is 0 Å². The molecule has 11 heteroatoms. The summed E-state index contributed by atoms with van der Waals surface area (Å²) in [4.78, 5) is 25.9. The molecule has 3 N–H and O–H groups in total. The number of hydrogen-bond acceptors (Lipinski definition) is 6. The normalized spacial score (nSPS) is 13.9. The first-order chi connectivity index (χ1) is 14.6. The molecular weight excluding hydrogens is 442 g/mol. The molecule has 9 nitrogen and oxygen atoms in total. The van der Waals surface area contributed by atoms with Crippen LogP contribution in [0, 0.1) is 0 Å². The molecule has 0 spiro atoms. The van der Waals surface area contributed by atoms with Gasteiger partial charge in [-0.2, -0.15) is 0 Å². The van der Waals surface area contributed by atoms with Gasteiger partial charge in [-0.1, -0.05) is 24.3 Å². The summed E-state index contributed by atoms with van der Waals surface area (Å²) >= 11 is 0. The van der Waals surface area contributed by atoms with Crippen LogP contribution in [0.25, 0.3) is 0 Å². The Morgan fingerprint density at radius 1 is 0.710 bits per heavy atom. The third-order valence-corrected chi connectivity index (χ3v) is 6.98. The smallest absolute Gasteiger partial charge is 0.266 e. The van der Waals surface area contributed by atoms with Crippen molar-refractivity contribution >= 4 is 43.2 Å². The Kier molecular flexibility index (Phi) is 4.88. The predicted molar refractivity (Wildman–Crippen MR) is 113 cm³/mol. The zero-order chi connectivity index (χ0) is 22.4. The van der Waals surface area contributed by atoms with E-state index in [4.69, 9.17) is 5.14 Å². The molecule has 3 aromatic carbocycles. The number of rotatable bonds is 5. The van der Waals surface area contributed by atoms with Crippen LogP contribution in [0.3, 0.4) is 0 Å². The second-order valence-corrected chi connectivity index (χ2v) is 9.85. The van der Waals surface area contributed by atoms with Crippen molar-refractivity contribution in [1.82, 2.24) is 0 Å². The summed E-state index contributed by atoms with van der Waals surface area (Å²) in [7, 11) is -8.17. The number of sulfonamides is 2. The fraction of sp³-hybridized carbons (Fsp3) is 0. The molecule has 0 atom stereocenters. The Morgan fingerprint density at radius 2 is 1.23 bits per heavy atom. The first-order valence-electron chi connectivity index (χ1n) is 8.82. The molecule has 1 heterocycles. The van der Waals surface area contributed by atoms with Crippen LogP contribution in [0.2, 0.25) is 0 Å². The highest BCUT2D eigenvalue weighted by Crippen LogP contribution is 2.33. The van der Waals surface area contributed by atoms with E-state index in [2.05, 4.69) is 4.72 Å². The van der Waals surface area contributed by atoms with Gasteiger partial charge < -0.3 is 0 Å². The van der Waals surface area contributed by atoms with Crippen molar-refractivity contribution in [3.8, 4) is 0 Å². The zero-order valence-electron chi connectivity index (χ0n) is 15.7. The van der Waals surface area contributed by atoms with Crippen molar-refractivity contribution in [2.75, 3.05) is 9.62 Å². The van der Waals surface area contributed by atoms with Crippen molar-refractivity contribution in [2.24, 2.45) is 5.14 Å². The number of nitrogens with one attached hydrogen (secondary N) is 1. The fourth-order valence-electron chi connectivity index (χ4n) is 3.20. The Labute approximate surface area is 178 Å². The summed E-state index contributed by atoms with van der Waals surface area (Å²) < 4.78 is 51.1. The molecular formula is C20H15N3O6S2. The van der Waals surface area contributed by atoms with Gasteiger partial charge in [-0.05, 0) is 48.5 Å². The number of nitrogens with zero attached hydrogens (tertiary/aromatic N) is 1. The molecule has 0 saturated heterocycles. The van der Waals surface area contributed by atoms with Crippen LogP contribution in [0.15, 0.2) is 82.6 Å². The fourth-order valence-corrected chi connectivity index (χ4v) is 4.96. The summed E-state index contributed by atoms with van der Waals surface area (Å²) in [6, 6.07) is 16.6. The van der Waals surface area contributed by atoms with E-state index < -0.39 is 31.9 Å². The summed E-state index contributed by atoms with van der Waals surface area (Å²) in [5.74, 6) is -1.25. The average Bonchev–Trinajstić information content (AvgIpc) is 2.98. The molecule has 1 aliphatic rings. The Bertz CT molecular complexity index is 1400. The molecule has 0 aliphatic carbocycles. The number of benzene rings is 3. The van der Waals surface area contributed by atoms with Gasteiger partial charge in [-0.15, -0.1) is 0 Å². The third-order valence-electron chi connectivity index (χ3n) is 4.62. The molecule has 1 aliphatic heterocycles. The van der Waals surface area contributed by atoms with Crippen LogP contribution in [-0.2, 0) is 20.0 Å². The summed E-state index contributed by atoms with van der Waals surface area (Å²) in [5, 5.41) is 5.04. The van der Waals surface area contributed by atoms with Gasteiger partial charge in [-0.25, -0.2) is 26.9 Å². The first kappa shape index (κ1) is 20.7. The minimum absolute atomic E-state index is 0.0737. The number of para-hydroxylation sites is 1. The Balaban J connectivity index is 1.72. The standard InChI is InChI=1S/C20H15N3O6S2/c21-30(26,27)14-11-9-13(10-12-14)22-31(28,29)18-8-4-3-7-17(18)23-19(24)15-5-1-2-6-16(15)20(23)25/h1-12,22H,(H2,21,26,27). The number of amides is 2. The number of hydrogen-bond donors (Lipinski definition) is 2. The van der Waals surface area contributed by atoms with Gasteiger partial charge in [0.05, 0.1) is 21.7 Å². The van der Waals surface area contributed by atoms with Crippen LogP contribution < -0.4 is 14.8 Å². The molecule has 0 unspecified atom stereocenters. The highest BCUT2D eigenvalue weighted by Gasteiger charge is 2.38. The quantitative estimate of drug-likeness (QED) is 0.560. The molecule has 0 bridgehead atoms. The molecule has 0 fully saturated rings. The highest BCUT2D eigenvalue weighted by molar-refractivity contribution is 7.93. The van der Waals surface area contributed by atoms with Crippen molar-refractivity contribution < 1.29 is 26.4 Å². The van der Waals surface area contributed by atoms with Crippen LogP contribution in [0.4, 0.5) is 11.4 Å². The molecule has 0 saturated carbocycles. The van der Waals surface area contributed by atoms with Crippen molar-refractivity contribution in [3.05, 3.63) is 83.9 Å². The Morgan fingerprint density at radius 3 is 1.77 bits per heavy atom. The topological polar surface area (TPSA) is 144 Å². The second-order valence-electron chi connectivity index (χ2n) is 6.63. The van der Waals surface area contributed by atoms with Crippen LogP contribution in [0.1, 0.15) is 20.7 Å². The van der Waals surface area contributed by atoms with Gasteiger partial charge in [-0.3, -0.25) is 14.3 Å². The molecule has 31 heavy (non-hydrogen) atoms. The van der Waals surface area contributed by atoms with Gasteiger partial charge >= 0.3 is 0 Å². The van der Waals surface area contributed by atoms with E-state index in [1.54, 1.807) is 12.1 Å². The lowest BCUT2D eigenvalue weighted by atomic mass is 10.1. The van der Waals surface area contributed by atoms with Gasteiger partial charge in [0.2, 0.25) is 10.0 Å². The number of anilines is 2. The molecule has 0 aromatic heterocycles. The number of imide groups is 1. The minimum atomic E-state index is -4.24. The molecule has 0 radical (unpaired) electrons. The van der Waals surface area contributed by atoms with E-state index in [0.717, 1.165) is 17.0 Å². The summed E-state index contributed by atoms with van der Waals surface area (Å²) in [5.41, 5.74) is 0.351. The van der Waals surface area contributed by atoms with Gasteiger partial charge in [0, 0.05) is 5.69 Å². The number of primary sulfonamides is 1. The maximum absolute atomic E-state index is 13.0. The molecule has 4 rings (SSSR count). The minimum Gasteiger partial charge on any atom is -0.280 e. The lowest BCUT2D eigenvalue weighted by molar-refractivity contribution is 0.0925. The third kappa shape index (κ3) is 3.69. The van der Waals surface area contributed by atoms with E-state index in [0.29, 0.717) is 0 Å². The molecule has 158 valence electrons. The number of carbonyl (C=O) groups excluding carboxylic acids is 2. The van der Waals surface area contributed by atoms with Crippen molar-refractivity contribution in [2.45, 2.75) is 9.79 Å². The SMILES string of the molecule is NS(=O)(=O)c1ccc(NS(=O)(=O)c2ccccc2N2C(=O)c3ccccc3C2=O)cc1. The number of carbonyl (C=O) groups is 2. The van der Waals surface area contributed by atoms with E-state index in [-0.39, 0.29) is 32.3 Å².